The maximum absolute atomic E-state index is 4.85. The zero-order valence-electron chi connectivity index (χ0n) is 16.2. The lowest BCUT2D eigenvalue weighted by atomic mass is 9.97. The van der Waals surface area contributed by atoms with Crippen molar-refractivity contribution in [3.63, 3.8) is 0 Å². The van der Waals surface area contributed by atoms with E-state index in [0.29, 0.717) is 0 Å². The van der Waals surface area contributed by atoms with E-state index < -0.39 is 0 Å². The first-order valence-electron chi connectivity index (χ1n) is 9.54. The van der Waals surface area contributed by atoms with Crippen LogP contribution in [0, 0.1) is 25.7 Å². The fraction of sp³-hybridized carbons (Fsp3) is 0.789. The highest BCUT2D eigenvalue weighted by atomic mass is 15.3. The van der Waals surface area contributed by atoms with Gasteiger partial charge in [0.05, 0.1) is 5.69 Å². The molecule has 136 valence electrons. The summed E-state index contributed by atoms with van der Waals surface area (Å²) < 4.78 is 2.09. The van der Waals surface area contributed by atoms with E-state index in [1.54, 1.807) is 0 Å². The average molecular weight is 334 g/mol. The van der Waals surface area contributed by atoms with E-state index in [-0.39, 0.29) is 0 Å². The van der Waals surface area contributed by atoms with Gasteiger partial charge in [0, 0.05) is 38.4 Å². The number of nitrogens with zero attached hydrogens (tertiary/aromatic N) is 4. The Morgan fingerprint density at radius 3 is 2.83 bits per heavy atom. The molecule has 1 unspecified atom stereocenters. The summed E-state index contributed by atoms with van der Waals surface area (Å²) in [7, 11) is 0. The molecule has 2 rings (SSSR count). The molecule has 1 aromatic rings. The molecule has 2 heterocycles. The van der Waals surface area contributed by atoms with Crippen LogP contribution in [0.2, 0.25) is 0 Å². The highest BCUT2D eigenvalue weighted by Gasteiger charge is 2.25. The second-order valence-corrected chi connectivity index (χ2v) is 7.47. The first-order chi connectivity index (χ1) is 11.5. The maximum Gasteiger partial charge on any atom is 0.193 e. The monoisotopic (exact) mass is 333 g/mol. The lowest BCUT2D eigenvalue weighted by Crippen LogP contribution is -2.40. The third kappa shape index (κ3) is 5.53. The van der Waals surface area contributed by atoms with Crippen LogP contribution in [0.5, 0.6) is 0 Å². The van der Waals surface area contributed by atoms with Crippen molar-refractivity contribution < 1.29 is 0 Å². The zero-order valence-corrected chi connectivity index (χ0v) is 16.2. The molecule has 0 radical (unpaired) electrons. The topological polar surface area (TPSA) is 45.5 Å². The summed E-state index contributed by atoms with van der Waals surface area (Å²) in [6.45, 7) is 16.0. The van der Waals surface area contributed by atoms with Gasteiger partial charge in [-0.2, -0.15) is 5.10 Å². The summed E-state index contributed by atoms with van der Waals surface area (Å²) in [5.41, 5.74) is 2.33. The molecule has 5 heteroatoms. The highest BCUT2D eigenvalue weighted by molar-refractivity contribution is 5.80. The number of nitrogens with one attached hydrogen (secondary N) is 1. The van der Waals surface area contributed by atoms with Crippen LogP contribution in [0.3, 0.4) is 0 Å². The van der Waals surface area contributed by atoms with Crippen molar-refractivity contribution >= 4 is 5.96 Å². The summed E-state index contributed by atoms with van der Waals surface area (Å²) in [5, 5.41) is 7.99. The van der Waals surface area contributed by atoms with Gasteiger partial charge in [-0.3, -0.25) is 9.67 Å². The smallest absolute Gasteiger partial charge is 0.193 e. The van der Waals surface area contributed by atoms with E-state index in [1.165, 1.54) is 18.5 Å². The van der Waals surface area contributed by atoms with Crippen molar-refractivity contribution in [2.45, 2.75) is 60.4 Å². The molecule has 0 aliphatic carbocycles. The Kier molecular flexibility index (Phi) is 7.13. The minimum absolute atomic E-state index is 0.787. The molecule has 1 atom stereocenters. The van der Waals surface area contributed by atoms with Crippen LogP contribution in [0.1, 0.15) is 51.4 Å². The molecule has 1 fully saturated rings. The van der Waals surface area contributed by atoms with Gasteiger partial charge in [-0.15, -0.1) is 0 Å². The fourth-order valence-electron chi connectivity index (χ4n) is 3.62. The lowest BCUT2D eigenvalue weighted by Gasteiger charge is -2.22. The van der Waals surface area contributed by atoms with Crippen LogP contribution in [-0.2, 0) is 6.54 Å². The molecule has 0 saturated carbocycles. The first-order valence-corrected chi connectivity index (χ1v) is 9.54. The van der Waals surface area contributed by atoms with Gasteiger partial charge >= 0.3 is 0 Å². The molecular formula is C19H35N5. The highest BCUT2D eigenvalue weighted by Crippen LogP contribution is 2.23. The lowest BCUT2D eigenvalue weighted by molar-refractivity contribution is 0.403. The summed E-state index contributed by atoms with van der Waals surface area (Å²) in [6.07, 6.45) is 3.66. The van der Waals surface area contributed by atoms with E-state index >= 15 is 0 Å². The molecular weight excluding hydrogens is 298 g/mol. The SMILES string of the molecule is CCNC(=NCCCn1nc(C)cc1C)N1CCC(CC(C)C)C1. The van der Waals surface area contributed by atoms with Crippen LogP contribution < -0.4 is 5.32 Å². The minimum Gasteiger partial charge on any atom is -0.357 e. The van der Waals surface area contributed by atoms with E-state index in [9.17, 15) is 0 Å². The second kappa shape index (κ2) is 9.09. The van der Waals surface area contributed by atoms with Gasteiger partial charge in [0.1, 0.15) is 0 Å². The van der Waals surface area contributed by atoms with Crippen LogP contribution in [0.15, 0.2) is 11.1 Å². The Hall–Kier alpha value is -1.52. The Bertz CT molecular complexity index is 532. The first kappa shape index (κ1) is 18.8. The largest absolute Gasteiger partial charge is 0.357 e. The van der Waals surface area contributed by atoms with Crippen LogP contribution in [0.4, 0.5) is 0 Å². The van der Waals surface area contributed by atoms with Crippen LogP contribution >= 0.6 is 0 Å². The van der Waals surface area contributed by atoms with Gasteiger partial charge in [0.15, 0.2) is 5.96 Å². The number of hydrogen-bond acceptors (Lipinski definition) is 2. The standard InChI is InChI=1S/C19H35N5/c1-6-20-19(23-11-8-18(14-23)12-15(2)3)21-9-7-10-24-17(5)13-16(4)22-24/h13,15,18H,6-12,14H2,1-5H3,(H,20,21). The molecule has 5 nitrogen and oxygen atoms in total. The van der Waals surface area contributed by atoms with Gasteiger partial charge in [-0.25, -0.2) is 0 Å². The van der Waals surface area contributed by atoms with Crippen molar-refractivity contribution in [3.8, 4) is 0 Å². The number of aryl methyl sites for hydroxylation is 3. The molecule has 0 spiro atoms. The van der Waals surface area contributed by atoms with Crippen LogP contribution in [0.25, 0.3) is 0 Å². The average Bonchev–Trinajstić information content (AvgIpc) is 3.08. The number of aliphatic imine (C=N–C) groups is 1. The van der Waals surface area contributed by atoms with Gasteiger partial charge in [-0.1, -0.05) is 13.8 Å². The number of rotatable bonds is 7. The Morgan fingerprint density at radius 1 is 1.42 bits per heavy atom. The molecule has 0 amide bonds. The van der Waals surface area contributed by atoms with Gasteiger partial charge in [-0.05, 0) is 57.9 Å². The molecule has 1 aliphatic heterocycles. The van der Waals surface area contributed by atoms with Crippen molar-refractivity contribution in [1.29, 1.82) is 0 Å². The number of guanidine groups is 1. The summed E-state index contributed by atoms with van der Waals surface area (Å²) in [4.78, 5) is 7.30. The summed E-state index contributed by atoms with van der Waals surface area (Å²) in [6, 6.07) is 2.13. The Balaban J connectivity index is 1.83. The molecule has 0 bridgehead atoms. The van der Waals surface area contributed by atoms with E-state index in [4.69, 9.17) is 4.99 Å². The molecule has 1 aliphatic rings. The summed E-state index contributed by atoms with van der Waals surface area (Å²) in [5.74, 6) is 2.70. The van der Waals surface area contributed by atoms with E-state index in [1.807, 2.05) is 6.92 Å². The molecule has 1 N–H and O–H groups in total. The quantitative estimate of drug-likeness (QED) is 0.473. The number of hydrogen-bond donors (Lipinski definition) is 1. The minimum atomic E-state index is 0.787. The normalized spacial score (nSPS) is 18.7. The van der Waals surface area contributed by atoms with Crippen molar-refractivity contribution in [2.24, 2.45) is 16.8 Å². The van der Waals surface area contributed by atoms with Gasteiger partial charge in [0.25, 0.3) is 0 Å². The third-order valence-electron chi connectivity index (χ3n) is 4.62. The maximum atomic E-state index is 4.85. The predicted octanol–water partition coefficient (Wildman–Crippen LogP) is 3.22. The van der Waals surface area contributed by atoms with E-state index in [2.05, 4.69) is 53.8 Å². The predicted molar refractivity (Wildman–Crippen MR) is 101 cm³/mol. The second-order valence-electron chi connectivity index (χ2n) is 7.47. The zero-order chi connectivity index (χ0) is 17.5. The third-order valence-corrected chi connectivity index (χ3v) is 4.62. The van der Waals surface area contributed by atoms with Crippen molar-refractivity contribution in [2.75, 3.05) is 26.2 Å². The van der Waals surface area contributed by atoms with Crippen molar-refractivity contribution in [3.05, 3.63) is 17.5 Å². The van der Waals surface area contributed by atoms with Gasteiger partial charge in [0.2, 0.25) is 0 Å². The number of likely N-dealkylation sites (tertiary alicyclic amines) is 1. The van der Waals surface area contributed by atoms with Crippen LogP contribution in [-0.4, -0.2) is 46.8 Å². The van der Waals surface area contributed by atoms with Crippen molar-refractivity contribution in [1.82, 2.24) is 20.0 Å². The Morgan fingerprint density at radius 2 is 2.21 bits per heavy atom. The molecule has 1 aromatic heterocycles. The Labute approximate surface area is 147 Å². The number of aromatic nitrogens is 2. The fourth-order valence-corrected chi connectivity index (χ4v) is 3.62. The molecule has 24 heavy (non-hydrogen) atoms. The summed E-state index contributed by atoms with van der Waals surface area (Å²) >= 11 is 0. The molecule has 0 aromatic carbocycles. The van der Waals surface area contributed by atoms with Gasteiger partial charge < -0.3 is 10.2 Å². The van der Waals surface area contributed by atoms with E-state index in [0.717, 1.165) is 62.6 Å². The molecule has 1 saturated heterocycles.